The Morgan fingerprint density at radius 2 is 1.57 bits per heavy atom. The molecule has 3 aromatic rings. The normalized spacial score (nSPS) is 14.5. The second-order valence-electron chi connectivity index (χ2n) is 10.1. The summed E-state index contributed by atoms with van der Waals surface area (Å²) >= 11 is 12.6. The van der Waals surface area contributed by atoms with Crippen molar-refractivity contribution in [2.75, 3.05) is 17.1 Å². The third-order valence-electron chi connectivity index (χ3n) is 7.01. The van der Waals surface area contributed by atoms with Gasteiger partial charge in [-0.15, -0.1) is 0 Å². The average molecular weight is 603 g/mol. The van der Waals surface area contributed by atoms with Crippen LogP contribution in [0.5, 0.6) is 0 Å². The summed E-state index contributed by atoms with van der Waals surface area (Å²) in [5, 5.41) is 3.83. The van der Waals surface area contributed by atoms with Crippen LogP contribution in [-0.4, -0.2) is 50.0 Å². The standard InChI is InChI=1S/C30H33Cl2N3O4S/c1-40(38,39)35(27-17-8-7-16-26(27)32)21-29(36)34(20-23-12-9-13-24(31)18-23)28(19-22-10-3-2-4-11-22)30(37)33-25-14-5-6-15-25/h2-4,7-13,16-18,25,28H,5-6,14-15,19-21H2,1H3,(H,33,37)/t28-/m1/s1. The molecule has 1 atom stereocenters. The van der Waals surface area contributed by atoms with E-state index in [-0.39, 0.29) is 35.6 Å². The van der Waals surface area contributed by atoms with Gasteiger partial charge in [-0.2, -0.15) is 0 Å². The van der Waals surface area contributed by atoms with Crippen molar-refractivity contribution in [3.05, 3.63) is 100 Å². The van der Waals surface area contributed by atoms with Gasteiger partial charge in [0, 0.05) is 24.0 Å². The first-order chi connectivity index (χ1) is 19.1. The highest BCUT2D eigenvalue weighted by Gasteiger charge is 2.34. The van der Waals surface area contributed by atoms with Crippen LogP contribution in [-0.2, 0) is 32.6 Å². The molecule has 1 fully saturated rings. The Morgan fingerprint density at radius 3 is 2.23 bits per heavy atom. The SMILES string of the molecule is CS(=O)(=O)N(CC(=O)N(Cc1cccc(Cl)c1)[C@H](Cc1ccccc1)C(=O)NC1CCCC1)c1ccccc1Cl. The van der Waals surface area contributed by atoms with Crippen LogP contribution in [0, 0.1) is 0 Å². The lowest BCUT2D eigenvalue weighted by Gasteiger charge is -2.34. The van der Waals surface area contributed by atoms with E-state index in [4.69, 9.17) is 23.2 Å². The average Bonchev–Trinajstić information content (AvgIpc) is 3.43. The fourth-order valence-electron chi connectivity index (χ4n) is 5.00. The summed E-state index contributed by atoms with van der Waals surface area (Å²) in [7, 11) is -3.89. The van der Waals surface area contributed by atoms with E-state index in [1.54, 1.807) is 42.5 Å². The smallest absolute Gasteiger partial charge is 0.244 e. The molecule has 0 aromatic heterocycles. The van der Waals surface area contributed by atoms with Crippen LogP contribution >= 0.6 is 23.2 Å². The highest BCUT2D eigenvalue weighted by molar-refractivity contribution is 7.92. The Morgan fingerprint density at radius 1 is 0.925 bits per heavy atom. The van der Waals surface area contributed by atoms with Gasteiger partial charge in [-0.05, 0) is 48.2 Å². The number of rotatable bonds is 11. The molecule has 0 aliphatic heterocycles. The number of amides is 2. The number of nitrogens with zero attached hydrogens (tertiary/aromatic N) is 2. The number of benzene rings is 3. The second-order valence-corrected chi connectivity index (χ2v) is 12.8. The van der Waals surface area contributed by atoms with Crippen LogP contribution in [0.2, 0.25) is 10.0 Å². The fourth-order valence-corrected chi connectivity index (χ4v) is 6.36. The third kappa shape index (κ3) is 7.99. The Labute approximate surface area is 246 Å². The molecule has 0 radical (unpaired) electrons. The van der Waals surface area contributed by atoms with Crippen LogP contribution in [0.1, 0.15) is 36.8 Å². The summed E-state index contributed by atoms with van der Waals surface area (Å²) in [6.45, 7) is -0.458. The summed E-state index contributed by atoms with van der Waals surface area (Å²) in [5.41, 5.74) is 1.79. The molecule has 0 saturated heterocycles. The minimum absolute atomic E-state index is 0.0459. The number of hydrogen-bond acceptors (Lipinski definition) is 4. The van der Waals surface area contributed by atoms with Crippen LogP contribution in [0.25, 0.3) is 0 Å². The van der Waals surface area contributed by atoms with E-state index in [0.717, 1.165) is 47.4 Å². The van der Waals surface area contributed by atoms with Gasteiger partial charge >= 0.3 is 0 Å². The molecule has 1 saturated carbocycles. The Kier molecular flexibility index (Phi) is 10.1. The zero-order valence-corrected chi connectivity index (χ0v) is 24.6. The van der Waals surface area contributed by atoms with Crippen molar-refractivity contribution in [3.63, 3.8) is 0 Å². The largest absolute Gasteiger partial charge is 0.352 e. The van der Waals surface area contributed by atoms with E-state index in [1.165, 1.54) is 4.90 Å². The fraction of sp³-hybridized carbons (Fsp3) is 0.333. The molecule has 4 rings (SSSR count). The lowest BCUT2D eigenvalue weighted by atomic mass is 10.0. The van der Waals surface area contributed by atoms with E-state index >= 15 is 0 Å². The van der Waals surface area contributed by atoms with E-state index in [1.807, 2.05) is 36.4 Å². The summed E-state index contributed by atoms with van der Waals surface area (Å²) in [4.78, 5) is 29.4. The zero-order valence-electron chi connectivity index (χ0n) is 22.3. The molecule has 0 spiro atoms. The van der Waals surface area contributed by atoms with Crippen LogP contribution < -0.4 is 9.62 Å². The van der Waals surface area contributed by atoms with Gasteiger partial charge in [0.25, 0.3) is 0 Å². The Bertz CT molecular complexity index is 1430. The molecule has 0 bridgehead atoms. The minimum Gasteiger partial charge on any atom is -0.352 e. The molecule has 0 unspecified atom stereocenters. The molecule has 3 aromatic carbocycles. The van der Waals surface area contributed by atoms with Gasteiger partial charge in [-0.3, -0.25) is 13.9 Å². The lowest BCUT2D eigenvalue weighted by molar-refractivity contribution is -0.140. The molecule has 7 nitrogen and oxygen atoms in total. The van der Waals surface area contributed by atoms with Crippen molar-refractivity contribution in [2.45, 2.75) is 50.7 Å². The summed E-state index contributed by atoms with van der Waals surface area (Å²) in [6, 6.07) is 22.1. The minimum atomic E-state index is -3.89. The van der Waals surface area contributed by atoms with Gasteiger partial charge in [-0.25, -0.2) is 8.42 Å². The van der Waals surface area contributed by atoms with E-state index in [0.29, 0.717) is 5.02 Å². The van der Waals surface area contributed by atoms with Crippen molar-refractivity contribution in [1.82, 2.24) is 10.2 Å². The topological polar surface area (TPSA) is 86.8 Å². The van der Waals surface area contributed by atoms with E-state index in [2.05, 4.69) is 5.32 Å². The molecule has 2 amide bonds. The summed E-state index contributed by atoms with van der Waals surface area (Å²) in [6.07, 6.45) is 5.15. The monoisotopic (exact) mass is 601 g/mol. The third-order valence-corrected chi connectivity index (χ3v) is 8.70. The van der Waals surface area contributed by atoms with E-state index in [9.17, 15) is 18.0 Å². The number of carbonyl (C=O) groups excluding carboxylic acids is 2. The molecule has 1 aliphatic rings. The summed E-state index contributed by atoms with van der Waals surface area (Å²) in [5.74, 6) is -0.803. The zero-order chi connectivity index (χ0) is 28.7. The van der Waals surface area contributed by atoms with Gasteiger partial charge in [0.15, 0.2) is 0 Å². The van der Waals surface area contributed by atoms with Gasteiger partial charge in [0.05, 0.1) is 17.0 Å². The maximum atomic E-state index is 14.1. The van der Waals surface area contributed by atoms with Gasteiger partial charge in [0.1, 0.15) is 12.6 Å². The number of hydrogen-bond donors (Lipinski definition) is 1. The maximum absolute atomic E-state index is 14.1. The molecule has 1 N–H and O–H groups in total. The first kappa shape index (κ1) is 29.9. The van der Waals surface area contributed by atoms with Crippen molar-refractivity contribution >= 4 is 50.7 Å². The highest BCUT2D eigenvalue weighted by Crippen LogP contribution is 2.28. The lowest BCUT2D eigenvalue weighted by Crippen LogP contribution is -2.54. The second kappa shape index (κ2) is 13.5. The highest BCUT2D eigenvalue weighted by atomic mass is 35.5. The predicted octanol–water partition coefficient (Wildman–Crippen LogP) is 5.46. The van der Waals surface area contributed by atoms with Gasteiger partial charge < -0.3 is 10.2 Å². The molecule has 10 heteroatoms. The molecular weight excluding hydrogens is 569 g/mol. The van der Waals surface area contributed by atoms with Crippen LogP contribution in [0.3, 0.4) is 0 Å². The molecule has 212 valence electrons. The summed E-state index contributed by atoms with van der Waals surface area (Å²) < 4.78 is 26.7. The van der Waals surface area contributed by atoms with E-state index < -0.39 is 28.5 Å². The maximum Gasteiger partial charge on any atom is 0.244 e. The van der Waals surface area contributed by atoms with Crippen LogP contribution in [0.4, 0.5) is 5.69 Å². The van der Waals surface area contributed by atoms with Crippen molar-refractivity contribution in [3.8, 4) is 0 Å². The molecule has 40 heavy (non-hydrogen) atoms. The number of para-hydroxylation sites is 1. The Hall–Kier alpha value is -3.07. The van der Waals surface area contributed by atoms with Gasteiger partial charge in [-0.1, -0.05) is 90.6 Å². The number of carbonyl (C=O) groups is 2. The van der Waals surface area contributed by atoms with Crippen molar-refractivity contribution in [1.29, 1.82) is 0 Å². The van der Waals surface area contributed by atoms with Gasteiger partial charge in [0.2, 0.25) is 21.8 Å². The number of halogens is 2. The molecular formula is C30H33Cl2N3O4S. The quantitative estimate of drug-likeness (QED) is 0.316. The molecule has 0 heterocycles. The molecule has 1 aliphatic carbocycles. The van der Waals surface area contributed by atoms with Crippen molar-refractivity contribution in [2.24, 2.45) is 0 Å². The van der Waals surface area contributed by atoms with Crippen LogP contribution in [0.15, 0.2) is 78.9 Å². The number of anilines is 1. The number of sulfonamides is 1. The van der Waals surface area contributed by atoms with Crippen molar-refractivity contribution < 1.29 is 18.0 Å². The first-order valence-electron chi connectivity index (χ1n) is 13.2. The number of nitrogens with one attached hydrogen (secondary N) is 1. The Balaban J connectivity index is 1.73. The predicted molar refractivity (Wildman–Crippen MR) is 160 cm³/mol. The first-order valence-corrected chi connectivity index (χ1v) is 15.8.